The fraction of sp³-hybridized carbons (Fsp3) is 0.526. The van der Waals surface area contributed by atoms with Gasteiger partial charge in [0.05, 0.1) is 27.5 Å². The molecule has 0 radical (unpaired) electrons. The summed E-state index contributed by atoms with van der Waals surface area (Å²) in [6.07, 6.45) is 1.52. The zero-order valence-corrected chi connectivity index (χ0v) is 30.4. The van der Waals surface area contributed by atoms with Gasteiger partial charge in [0.25, 0.3) is 0 Å². The van der Waals surface area contributed by atoms with Crippen LogP contribution in [0.15, 0.2) is 42.5 Å². The van der Waals surface area contributed by atoms with E-state index in [4.69, 9.17) is 23.7 Å². The molecule has 8 nitrogen and oxygen atoms in total. The first-order valence-electron chi connectivity index (χ1n) is 17.7. The SMILES string of the molecule is CCC(C)[C@H](NC(=O)C1(c2ccccc2F)CCCC1)C(N)=O.CCC(C)[C@H](NC(=O)C1CCc2[nH]c3c(C(F)(F)F)cccc3c2C1)C(N)=S. The number of amides is 3. The molecule has 51 heavy (non-hydrogen) atoms. The number of halogens is 4. The quantitative estimate of drug-likeness (QED) is 0.109. The van der Waals surface area contributed by atoms with Gasteiger partial charge in [-0.1, -0.05) is 95.9 Å². The van der Waals surface area contributed by atoms with Crippen molar-refractivity contribution >= 4 is 45.8 Å². The van der Waals surface area contributed by atoms with Gasteiger partial charge in [0.2, 0.25) is 17.7 Å². The molecule has 1 aromatic heterocycles. The molecule has 0 bridgehead atoms. The topological polar surface area (TPSA) is 143 Å². The number of carbonyl (C=O) groups excluding carboxylic acids is 3. The molecule has 5 rings (SSSR count). The number of nitrogens with two attached hydrogens (primary N) is 2. The van der Waals surface area contributed by atoms with Crippen LogP contribution in [0.4, 0.5) is 17.6 Å². The molecule has 5 atom stereocenters. The highest BCUT2D eigenvalue weighted by Crippen LogP contribution is 2.43. The van der Waals surface area contributed by atoms with Crippen LogP contribution in [0.3, 0.4) is 0 Å². The number of thiocarbonyl (C=S) groups is 1. The number of para-hydroxylation sites is 1. The molecule has 3 unspecified atom stereocenters. The van der Waals surface area contributed by atoms with E-state index in [-0.39, 0.29) is 51.9 Å². The van der Waals surface area contributed by atoms with Crippen molar-refractivity contribution in [1.29, 1.82) is 0 Å². The molecule has 0 aliphatic heterocycles. The zero-order chi connectivity index (χ0) is 37.7. The van der Waals surface area contributed by atoms with E-state index in [0.717, 1.165) is 43.0 Å². The minimum atomic E-state index is -4.43. The minimum absolute atomic E-state index is 0.0597. The number of aromatic amines is 1. The molecule has 3 aromatic rings. The lowest BCUT2D eigenvalue weighted by molar-refractivity contribution is -0.136. The fourth-order valence-electron chi connectivity index (χ4n) is 7.36. The Morgan fingerprint density at radius 1 is 0.961 bits per heavy atom. The van der Waals surface area contributed by atoms with Gasteiger partial charge >= 0.3 is 6.18 Å². The predicted molar refractivity (Wildman–Crippen MR) is 194 cm³/mol. The molecule has 2 aromatic carbocycles. The van der Waals surface area contributed by atoms with Gasteiger partial charge in [0, 0.05) is 22.6 Å². The molecule has 2 aliphatic carbocycles. The molecule has 3 amide bonds. The van der Waals surface area contributed by atoms with E-state index in [9.17, 15) is 31.9 Å². The van der Waals surface area contributed by atoms with Crippen LogP contribution in [0.5, 0.6) is 0 Å². The predicted octanol–water partition coefficient (Wildman–Crippen LogP) is 6.76. The first-order chi connectivity index (χ1) is 24.0. The lowest BCUT2D eigenvalue weighted by Gasteiger charge is -2.32. The number of primary amides is 1. The first-order valence-corrected chi connectivity index (χ1v) is 18.1. The normalized spacial score (nSPS) is 19.1. The number of rotatable bonds is 11. The number of alkyl halides is 3. The van der Waals surface area contributed by atoms with E-state index in [1.807, 2.05) is 27.7 Å². The Morgan fingerprint density at radius 3 is 2.16 bits per heavy atom. The van der Waals surface area contributed by atoms with Gasteiger partial charge in [-0.15, -0.1) is 0 Å². The summed E-state index contributed by atoms with van der Waals surface area (Å²) >= 11 is 5.09. The molecule has 1 saturated carbocycles. The fourth-order valence-corrected chi connectivity index (χ4v) is 7.65. The number of nitrogens with one attached hydrogen (secondary N) is 3. The van der Waals surface area contributed by atoms with Crippen LogP contribution < -0.4 is 22.1 Å². The van der Waals surface area contributed by atoms with Gasteiger partial charge < -0.3 is 27.1 Å². The number of hydrogen-bond donors (Lipinski definition) is 5. The minimum Gasteiger partial charge on any atom is -0.392 e. The molecule has 0 saturated heterocycles. The Labute approximate surface area is 301 Å². The van der Waals surface area contributed by atoms with Crippen LogP contribution >= 0.6 is 12.2 Å². The number of carbonyl (C=O) groups is 3. The van der Waals surface area contributed by atoms with Crippen LogP contribution in [0.25, 0.3) is 10.9 Å². The second-order valence-electron chi connectivity index (χ2n) is 14.0. The second-order valence-corrected chi connectivity index (χ2v) is 14.5. The summed E-state index contributed by atoms with van der Waals surface area (Å²) in [5.41, 5.74) is 11.8. The third-order valence-electron chi connectivity index (χ3n) is 10.8. The van der Waals surface area contributed by atoms with Crippen molar-refractivity contribution in [3.05, 3.63) is 70.7 Å². The van der Waals surface area contributed by atoms with Gasteiger partial charge in [0.15, 0.2) is 0 Å². The lowest BCUT2D eigenvalue weighted by Crippen LogP contribution is -2.54. The molecular formula is C38H49F4N5O3S. The third kappa shape index (κ3) is 8.73. The Hall–Kier alpha value is -4.00. The van der Waals surface area contributed by atoms with Crippen LogP contribution in [0.1, 0.15) is 95.0 Å². The number of hydrogen-bond acceptors (Lipinski definition) is 4. The standard InChI is InChI=1S/C20H24F3N3OS.C18H25FN2O2/c1-3-10(2)16(18(24)28)26-19(27)11-7-8-15-13(9-11)12-5-4-6-14(17(12)25-15)20(21,22)23;1-3-12(2)15(16(20)22)21-17(23)18(10-6-7-11-18)13-8-4-5-9-14(13)19/h4-6,10-11,16,25H,3,7-9H2,1-2H3,(H2,24,28)(H,26,27);4-5,8-9,12,15H,3,6-7,10-11H2,1-2H3,(H2,20,22)(H,21,23)/t10?,11?,16-;12?,15-/m00/s1. The second kappa shape index (κ2) is 16.6. The van der Waals surface area contributed by atoms with Crippen LogP contribution in [0.2, 0.25) is 0 Å². The highest BCUT2D eigenvalue weighted by Gasteiger charge is 2.45. The summed E-state index contributed by atoms with van der Waals surface area (Å²) in [6, 6.07) is 9.47. The number of benzene rings is 2. The van der Waals surface area contributed by atoms with Crippen molar-refractivity contribution in [3.63, 3.8) is 0 Å². The van der Waals surface area contributed by atoms with Crippen molar-refractivity contribution in [2.24, 2.45) is 29.2 Å². The van der Waals surface area contributed by atoms with Crippen molar-refractivity contribution in [3.8, 4) is 0 Å². The number of aryl methyl sites for hydroxylation is 1. The summed E-state index contributed by atoms with van der Waals surface area (Å²) in [5, 5.41) is 6.28. The monoisotopic (exact) mass is 731 g/mol. The Kier molecular flexibility index (Phi) is 12.9. The molecule has 1 fully saturated rings. The van der Waals surface area contributed by atoms with Crippen LogP contribution in [-0.2, 0) is 38.8 Å². The van der Waals surface area contributed by atoms with Gasteiger partial charge in [-0.3, -0.25) is 14.4 Å². The summed E-state index contributed by atoms with van der Waals surface area (Å²) in [6.45, 7) is 7.79. The van der Waals surface area contributed by atoms with Gasteiger partial charge in [-0.05, 0) is 61.6 Å². The summed E-state index contributed by atoms with van der Waals surface area (Å²) in [7, 11) is 0. The van der Waals surface area contributed by atoms with E-state index in [1.165, 1.54) is 12.1 Å². The number of H-pyrrole nitrogens is 1. The molecule has 13 heteroatoms. The van der Waals surface area contributed by atoms with E-state index in [1.54, 1.807) is 24.3 Å². The first kappa shape index (κ1) is 39.8. The highest BCUT2D eigenvalue weighted by molar-refractivity contribution is 7.80. The summed E-state index contributed by atoms with van der Waals surface area (Å²) in [4.78, 5) is 40.7. The van der Waals surface area contributed by atoms with E-state index in [0.29, 0.717) is 43.1 Å². The maximum Gasteiger partial charge on any atom is 0.418 e. The Balaban J connectivity index is 0.000000233. The molecule has 1 heterocycles. The lowest BCUT2D eigenvalue weighted by atomic mass is 9.77. The van der Waals surface area contributed by atoms with Gasteiger partial charge in [-0.25, -0.2) is 4.39 Å². The number of aromatic nitrogens is 1. The van der Waals surface area contributed by atoms with Crippen LogP contribution in [0, 0.1) is 23.6 Å². The van der Waals surface area contributed by atoms with Crippen molar-refractivity contribution < 1.29 is 31.9 Å². The maximum absolute atomic E-state index is 14.3. The zero-order valence-electron chi connectivity index (χ0n) is 29.6. The van der Waals surface area contributed by atoms with Gasteiger partial charge in [0.1, 0.15) is 11.9 Å². The van der Waals surface area contributed by atoms with Crippen molar-refractivity contribution in [2.75, 3.05) is 0 Å². The Bertz CT molecular complexity index is 1740. The summed E-state index contributed by atoms with van der Waals surface area (Å²) in [5.74, 6) is -1.62. The number of fused-ring (bicyclic) bond motifs is 3. The third-order valence-corrected chi connectivity index (χ3v) is 11.1. The molecular weight excluding hydrogens is 683 g/mol. The highest BCUT2D eigenvalue weighted by atomic mass is 32.1. The van der Waals surface area contributed by atoms with E-state index < -0.39 is 29.1 Å². The smallest absolute Gasteiger partial charge is 0.392 e. The average molecular weight is 732 g/mol. The molecule has 7 N–H and O–H groups in total. The summed E-state index contributed by atoms with van der Waals surface area (Å²) < 4.78 is 54.2. The van der Waals surface area contributed by atoms with E-state index in [2.05, 4.69) is 15.6 Å². The maximum atomic E-state index is 14.3. The van der Waals surface area contributed by atoms with E-state index >= 15 is 0 Å². The molecule has 0 spiro atoms. The Morgan fingerprint density at radius 2 is 1.59 bits per heavy atom. The van der Waals surface area contributed by atoms with Crippen LogP contribution in [-0.4, -0.2) is 39.8 Å². The van der Waals surface area contributed by atoms with Crippen molar-refractivity contribution in [1.82, 2.24) is 15.6 Å². The van der Waals surface area contributed by atoms with Gasteiger partial charge in [-0.2, -0.15) is 13.2 Å². The van der Waals surface area contributed by atoms with Crippen molar-refractivity contribution in [2.45, 2.75) is 109 Å². The largest absolute Gasteiger partial charge is 0.418 e. The average Bonchev–Trinajstić information content (AvgIpc) is 3.74. The molecule has 2 aliphatic rings. The molecule has 278 valence electrons.